The Kier molecular flexibility index (Phi) is 12.6. The summed E-state index contributed by atoms with van der Waals surface area (Å²) < 4.78 is 0. The molecule has 0 N–H and O–H groups in total. The third kappa shape index (κ3) is 12.7. The summed E-state index contributed by atoms with van der Waals surface area (Å²) in [4.78, 5) is 0. The molecule has 0 fully saturated rings. The van der Waals surface area contributed by atoms with Gasteiger partial charge in [-0.05, 0) is 12.8 Å². The molecule has 0 aliphatic heterocycles. The van der Waals surface area contributed by atoms with Crippen LogP contribution < -0.4 is 0 Å². The van der Waals surface area contributed by atoms with Crippen molar-refractivity contribution in [3.63, 3.8) is 0 Å². The van der Waals surface area contributed by atoms with Crippen LogP contribution in [0.2, 0.25) is 0 Å². The molecule has 0 spiro atoms. The number of rotatable bonds is 4. The number of hydrogen-bond donors (Lipinski definition) is 0. The van der Waals surface area contributed by atoms with E-state index in [1.165, 1.54) is 19.3 Å². The Morgan fingerprint density at radius 1 is 0.562 bits per heavy atom. The molecule has 0 heterocycles. The molecule has 0 aromatic heterocycles. The van der Waals surface area contributed by atoms with Gasteiger partial charge < -0.3 is 0 Å². The Morgan fingerprint density at radius 3 is 1.69 bits per heavy atom. The van der Waals surface area contributed by atoms with E-state index in [1.807, 2.05) is 0 Å². The van der Waals surface area contributed by atoms with Gasteiger partial charge in [0.05, 0.1) is 12.8 Å². The van der Waals surface area contributed by atoms with Gasteiger partial charge in [-0.1, -0.05) is 50.4 Å². The van der Waals surface area contributed by atoms with E-state index in [2.05, 4.69) is 49.4 Å². The molecule has 0 rings (SSSR count). The average molecular weight is 214 g/mol. The van der Waals surface area contributed by atoms with Gasteiger partial charge in [-0.2, -0.15) is 0 Å². The van der Waals surface area contributed by atoms with Gasteiger partial charge in [0.25, 0.3) is 0 Å². The summed E-state index contributed by atoms with van der Waals surface area (Å²) in [5, 5.41) is 0. The Bertz CT molecular complexity index is 316. The topological polar surface area (TPSA) is 0 Å². The van der Waals surface area contributed by atoms with E-state index in [0.717, 1.165) is 19.3 Å². The molecule has 0 radical (unpaired) electrons. The molecule has 0 heteroatoms. The smallest absolute Gasteiger partial charge is 0.0702 e. The molecule has 0 aromatic carbocycles. The lowest BCUT2D eigenvalue weighted by Crippen LogP contribution is -1.71. The van der Waals surface area contributed by atoms with Crippen molar-refractivity contribution in [3.8, 4) is 35.5 Å². The third-order valence-electron chi connectivity index (χ3n) is 2.01. The van der Waals surface area contributed by atoms with E-state index in [4.69, 9.17) is 0 Å². The van der Waals surface area contributed by atoms with Gasteiger partial charge in [0.1, 0.15) is 0 Å². The lowest BCUT2D eigenvalue weighted by molar-refractivity contribution is 0.737. The second-order valence-electron chi connectivity index (χ2n) is 3.62. The first-order valence-electron chi connectivity index (χ1n) is 6.29. The molecule has 86 valence electrons. The average Bonchev–Trinajstić information content (AvgIpc) is 2.31. The molecular weight excluding hydrogens is 192 g/mol. The van der Waals surface area contributed by atoms with Gasteiger partial charge in [-0.15, -0.1) is 11.8 Å². The van der Waals surface area contributed by atoms with Crippen molar-refractivity contribution < 1.29 is 0 Å². The molecule has 16 heavy (non-hydrogen) atoms. The molecular formula is C16H22. The zero-order chi connectivity index (χ0) is 11.9. The molecule has 0 aromatic rings. The highest BCUT2D eigenvalue weighted by atomic mass is 13.8. The molecule has 0 bridgehead atoms. The summed E-state index contributed by atoms with van der Waals surface area (Å²) in [6, 6.07) is 0. The van der Waals surface area contributed by atoms with Gasteiger partial charge >= 0.3 is 0 Å². The quantitative estimate of drug-likeness (QED) is 0.487. The van der Waals surface area contributed by atoms with Gasteiger partial charge in [0, 0.05) is 12.8 Å². The maximum absolute atomic E-state index is 3.14. The summed E-state index contributed by atoms with van der Waals surface area (Å²) in [5.41, 5.74) is 0. The largest absolute Gasteiger partial charge is 0.102 e. The van der Waals surface area contributed by atoms with E-state index in [1.54, 1.807) is 0 Å². The van der Waals surface area contributed by atoms with Crippen molar-refractivity contribution in [3.05, 3.63) is 0 Å². The fraction of sp³-hybridized carbons (Fsp3) is 0.625. The van der Waals surface area contributed by atoms with Crippen LogP contribution >= 0.6 is 0 Å². The second kappa shape index (κ2) is 13.7. The van der Waals surface area contributed by atoms with Crippen molar-refractivity contribution in [1.29, 1.82) is 0 Å². The summed E-state index contributed by atoms with van der Waals surface area (Å²) in [6.07, 6.45) is 8.29. The first-order valence-corrected chi connectivity index (χ1v) is 6.29. The van der Waals surface area contributed by atoms with Crippen LogP contribution in [-0.2, 0) is 0 Å². The Morgan fingerprint density at radius 2 is 1.12 bits per heavy atom. The third-order valence-corrected chi connectivity index (χ3v) is 2.01. The highest BCUT2D eigenvalue weighted by Gasteiger charge is 1.79. The minimum Gasteiger partial charge on any atom is -0.102 e. The lowest BCUT2D eigenvalue weighted by Gasteiger charge is -1.87. The Labute approximate surface area is 101 Å². The van der Waals surface area contributed by atoms with Crippen LogP contribution in [0.3, 0.4) is 0 Å². The van der Waals surface area contributed by atoms with Crippen LogP contribution in [0, 0.1) is 35.5 Å². The molecule has 0 saturated heterocycles. The van der Waals surface area contributed by atoms with E-state index in [9.17, 15) is 0 Å². The van der Waals surface area contributed by atoms with Gasteiger partial charge in [-0.3, -0.25) is 0 Å². The molecule has 0 aliphatic carbocycles. The standard InChI is InChI=1S/C16H22/c1-3-5-7-9-11-13-15-16-14-12-10-8-6-4-2/h3-7,9,12,15H2,1-2H3. The zero-order valence-corrected chi connectivity index (χ0v) is 10.7. The minimum atomic E-state index is 0.692. The maximum Gasteiger partial charge on any atom is 0.0702 e. The maximum atomic E-state index is 3.14. The summed E-state index contributed by atoms with van der Waals surface area (Å²) in [5.74, 6) is 18.4. The van der Waals surface area contributed by atoms with Crippen molar-refractivity contribution in [2.24, 2.45) is 0 Å². The van der Waals surface area contributed by atoms with E-state index in [0.29, 0.717) is 12.8 Å². The van der Waals surface area contributed by atoms with Crippen molar-refractivity contribution in [2.45, 2.75) is 65.2 Å². The predicted octanol–water partition coefficient (Wildman–Crippen LogP) is 4.16. The van der Waals surface area contributed by atoms with Gasteiger partial charge in [-0.25, -0.2) is 0 Å². The summed E-state index contributed by atoms with van der Waals surface area (Å²) in [6.45, 7) is 4.34. The van der Waals surface area contributed by atoms with Crippen LogP contribution in [0.1, 0.15) is 65.2 Å². The molecule has 0 unspecified atom stereocenters. The Hall–Kier alpha value is -1.32. The van der Waals surface area contributed by atoms with Crippen molar-refractivity contribution in [1.82, 2.24) is 0 Å². The van der Waals surface area contributed by atoms with Crippen LogP contribution in [0.25, 0.3) is 0 Å². The first kappa shape index (κ1) is 14.7. The number of hydrogen-bond acceptors (Lipinski definition) is 0. The predicted molar refractivity (Wildman–Crippen MR) is 71.6 cm³/mol. The van der Waals surface area contributed by atoms with Crippen LogP contribution in [0.15, 0.2) is 0 Å². The van der Waals surface area contributed by atoms with Gasteiger partial charge in [0.15, 0.2) is 0 Å². The molecule has 0 atom stereocenters. The summed E-state index contributed by atoms with van der Waals surface area (Å²) >= 11 is 0. The minimum absolute atomic E-state index is 0.692. The van der Waals surface area contributed by atoms with E-state index in [-0.39, 0.29) is 0 Å². The molecule has 0 saturated carbocycles. The zero-order valence-electron chi connectivity index (χ0n) is 10.7. The summed E-state index contributed by atoms with van der Waals surface area (Å²) in [7, 11) is 0. The van der Waals surface area contributed by atoms with Crippen LogP contribution in [0.5, 0.6) is 0 Å². The van der Waals surface area contributed by atoms with Crippen LogP contribution in [0.4, 0.5) is 0 Å². The lowest BCUT2D eigenvalue weighted by atomic mass is 10.2. The monoisotopic (exact) mass is 214 g/mol. The highest BCUT2D eigenvalue weighted by molar-refractivity contribution is 5.16. The highest BCUT2D eigenvalue weighted by Crippen LogP contribution is 1.96. The Balaban J connectivity index is 3.43. The molecule has 0 nitrogen and oxygen atoms in total. The second-order valence-corrected chi connectivity index (χ2v) is 3.62. The normalized spacial score (nSPS) is 7.88. The van der Waals surface area contributed by atoms with Crippen molar-refractivity contribution >= 4 is 0 Å². The molecule has 0 aliphatic rings. The fourth-order valence-electron chi connectivity index (χ4n) is 1.10. The van der Waals surface area contributed by atoms with Crippen LogP contribution in [-0.4, -0.2) is 0 Å². The molecule has 0 amide bonds. The first-order chi connectivity index (χ1) is 7.91. The van der Waals surface area contributed by atoms with Crippen molar-refractivity contribution in [2.75, 3.05) is 0 Å². The number of unbranched alkanes of at least 4 members (excludes halogenated alkanes) is 4. The van der Waals surface area contributed by atoms with Gasteiger partial charge in [0.2, 0.25) is 0 Å². The van der Waals surface area contributed by atoms with E-state index >= 15 is 0 Å². The SMILES string of the molecule is CCCC#CCC#CCC#CCCCCC. The fourth-order valence-corrected chi connectivity index (χ4v) is 1.10. The van der Waals surface area contributed by atoms with E-state index < -0.39 is 0 Å².